The average Bonchev–Trinajstić information content (AvgIpc) is 3.15. The van der Waals surface area contributed by atoms with Gasteiger partial charge in [0.1, 0.15) is 24.6 Å². The monoisotopic (exact) mass is 629 g/mol. The number of ketones is 2. The summed E-state index contributed by atoms with van der Waals surface area (Å²) in [7, 11) is -5.84. The van der Waals surface area contributed by atoms with Crippen molar-refractivity contribution in [2.75, 3.05) is 64.7 Å². The molecule has 0 aliphatic heterocycles. The minimum absolute atomic E-state index is 0.0196. The molecule has 2 atom stereocenters. The van der Waals surface area contributed by atoms with Gasteiger partial charge in [0.15, 0.2) is 0 Å². The van der Waals surface area contributed by atoms with Crippen LogP contribution in [-0.2, 0) is 44.5 Å². The minimum Gasteiger partial charge on any atom is -0.492 e. The van der Waals surface area contributed by atoms with Gasteiger partial charge in [0.05, 0.1) is 26.7 Å². The number of halogens is 2. The fourth-order valence-electron chi connectivity index (χ4n) is 4.58. The number of rotatable bonds is 14. The van der Waals surface area contributed by atoms with Crippen LogP contribution in [-0.4, -0.2) is 104 Å². The van der Waals surface area contributed by atoms with Crippen LogP contribution in [0.5, 0.6) is 5.75 Å². The van der Waals surface area contributed by atoms with E-state index in [1.807, 2.05) is 4.90 Å². The van der Waals surface area contributed by atoms with Crippen molar-refractivity contribution in [1.82, 2.24) is 4.90 Å². The summed E-state index contributed by atoms with van der Waals surface area (Å²) in [6.45, 7) is 1.48. The quantitative estimate of drug-likeness (QED) is 0.217. The third-order valence-electron chi connectivity index (χ3n) is 6.01. The Morgan fingerprint density at radius 1 is 0.897 bits per heavy atom. The van der Waals surface area contributed by atoms with Gasteiger partial charge in [-0.25, -0.2) is 0 Å². The van der Waals surface area contributed by atoms with Crippen molar-refractivity contribution in [3.63, 3.8) is 0 Å². The highest BCUT2D eigenvalue weighted by Gasteiger charge is 2.47. The van der Waals surface area contributed by atoms with Gasteiger partial charge in [-0.2, -0.15) is 16.8 Å². The Morgan fingerprint density at radius 2 is 1.46 bits per heavy atom. The number of fused-ring (bicyclic) bond motifs is 3. The maximum Gasteiger partial charge on any atom is 0.265 e. The van der Waals surface area contributed by atoms with E-state index in [1.54, 1.807) is 0 Å². The van der Waals surface area contributed by atoms with E-state index >= 15 is 0 Å². The molecule has 12 nitrogen and oxygen atoms in total. The van der Waals surface area contributed by atoms with Gasteiger partial charge >= 0.3 is 0 Å². The molecule has 0 radical (unpaired) electrons. The fourth-order valence-corrected chi connectivity index (χ4v) is 6.28. The number of ether oxygens (including phenoxy) is 3. The SMILES string of the molecule is COC1=C(OC)C(=O)c2c(cc(OCCN(CCCl)CCCl)c3c2CC(OS(C)(=O)=O)C3OS(C)(=O)=O)C1=O. The summed E-state index contributed by atoms with van der Waals surface area (Å²) in [4.78, 5) is 28.7. The standard InChI is InChI=1S/C23H29Cl2NO11S2/c1-33-22-19(27)14-12-15(35-10-9-26(7-5-24)8-6-25)18-13(17(14)20(28)23(22)34-2)11-16(36-38(3,29)30)21(18)37-39(4,31)32/h12,16,21H,5-11H2,1-4H3. The van der Waals surface area contributed by atoms with Gasteiger partial charge in [0, 0.05) is 54.5 Å². The number of carbonyl (C=O) groups excluding carboxylic acids is 2. The predicted molar refractivity (Wildman–Crippen MR) is 142 cm³/mol. The Morgan fingerprint density at radius 3 is 1.97 bits per heavy atom. The summed E-state index contributed by atoms with van der Waals surface area (Å²) in [5.41, 5.74) is 0.0354. The molecule has 0 heterocycles. The van der Waals surface area contributed by atoms with Crippen molar-refractivity contribution in [2.24, 2.45) is 0 Å². The second-order valence-corrected chi connectivity index (χ2v) is 12.7. The molecular weight excluding hydrogens is 601 g/mol. The van der Waals surface area contributed by atoms with Crippen LogP contribution in [0, 0.1) is 0 Å². The molecule has 0 N–H and O–H groups in total. The van der Waals surface area contributed by atoms with E-state index in [0.29, 0.717) is 31.4 Å². The molecule has 2 aliphatic carbocycles. The summed E-state index contributed by atoms with van der Waals surface area (Å²) < 4.78 is 75.2. The first kappa shape index (κ1) is 31.6. The largest absolute Gasteiger partial charge is 0.492 e. The van der Waals surface area contributed by atoms with Crippen molar-refractivity contribution in [1.29, 1.82) is 0 Å². The van der Waals surface area contributed by atoms with Crippen LogP contribution < -0.4 is 4.74 Å². The molecule has 0 spiro atoms. The van der Waals surface area contributed by atoms with Gasteiger partial charge in [-0.3, -0.25) is 22.9 Å². The zero-order valence-corrected chi connectivity index (χ0v) is 24.8. The van der Waals surface area contributed by atoms with Gasteiger partial charge in [-0.05, 0) is 11.6 Å². The molecule has 0 saturated carbocycles. The highest BCUT2D eigenvalue weighted by atomic mass is 35.5. The highest BCUT2D eigenvalue weighted by molar-refractivity contribution is 7.86. The van der Waals surface area contributed by atoms with Crippen molar-refractivity contribution in [3.8, 4) is 5.75 Å². The first-order valence-electron chi connectivity index (χ1n) is 11.6. The maximum atomic E-state index is 13.5. The van der Waals surface area contributed by atoms with Gasteiger partial charge in [-0.1, -0.05) is 0 Å². The minimum atomic E-state index is -4.15. The molecule has 2 unspecified atom stereocenters. The molecule has 39 heavy (non-hydrogen) atoms. The Balaban J connectivity index is 2.19. The molecule has 0 aromatic heterocycles. The fraction of sp³-hybridized carbons (Fsp3) is 0.565. The van der Waals surface area contributed by atoms with Crippen molar-refractivity contribution < 1.29 is 49.0 Å². The smallest absolute Gasteiger partial charge is 0.265 e. The number of nitrogens with zero attached hydrogens (tertiary/aromatic N) is 1. The topological polar surface area (TPSA) is 152 Å². The number of Topliss-reactive ketones (excluding diaryl/α,β-unsaturated/α-hetero) is 2. The third kappa shape index (κ3) is 7.23. The van der Waals surface area contributed by atoms with Crippen LogP contribution in [0.4, 0.5) is 0 Å². The number of allylic oxidation sites excluding steroid dienone is 2. The average molecular weight is 631 g/mol. The molecule has 218 valence electrons. The van der Waals surface area contributed by atoms with Gasteiger partial charge in [-0.15, -0.1) is 23.2 Å². The van der Waals surface area contributed by atoms with Gasteiger partial charge < -0.3 is 14.2 Å². The zero-order chi connectivity index (χ0) is 29.1. The molecule has 1 aromatic carbocycles. The van der Waals surface area contributed by atoms with Crippen LogP contribution >= 0.6 is 23.2 Å². The van der Waals surface area contributed by atoms with E-state index in [-0.39, 0.29) is 52.5 Å². The molecule has 0 fully saturated rings. The predicted octanol–water partition coefficient (Wildman–Crippen LogP) is 1.65. The van der Waals surface area contributed by atoms with E-state index < -0.39 is 44.0 Å². The maximum absolute atomic E-state index is 13.5. The molecule has 2 aliphatic rings. The van der Waals surface area contributed by atoms with E-state index in [2.05, 4.69) is 0 Å². The third-order valence-corrected chi connectivity index (χ3v) is 7.50. The van der Waals surface area contributed by atoms with Crippen LogP contribution in [0.1, 0.15) is 37.9 Å². The van der Waals surface area contributed by atoms with Crippen LogP contribution in [0.25, 0.3) is 0 Å². The second kappa shape index (κ2) is 12.7. The molecule has 1 aromatic rings. The van der Waals surface area contributed by atoms with Crippen LogP contribution in [0.2, 0.25) is 0 Å². The van der Waals surface area contributed by atoms with Crippen molar-refractivity contribution in [2.45, 2.75) is 18.6 Å². The lowest BCUT2D eigenvalue weighted by atomic mass is 9.86. The Hall–Kier alpha value is -1.94. The Labute approximate surface area is 237 Å². The number of alkyl halides is 2. The van der Waals surface area contributed by atoms with Crippen molar-refractivity contribution >= 4 is 55.0 Å². The molecule has 16 heteroatoms. The first-order valence-corrected chi connectivity index (χ1v) is 16.3. The lowest BCUT2D eigenvalue weighted by molar-refractivity contribution is 0.0759. The number of hydrogen-bond acceptors (Lipinski definition) is 12. The van der Waals surface area contributed by atoms with Gasteiger partial charge in [0.2, 0.25) is 23.1 Å². The first-order chi connectivity index (χ1) is 18.3. The number of hydrogen-bond donors (Lipinski definition) is 0. The van der Waals surface area contributed by atoms with Crippen molar-refractivity contribution in [3.05, 3.63) is 39.8 Å². The summed E-state index contributed by atoms with van der Waals surface area (Å²) in [5.74, 6) is -1.32. The lowest BCUT2D eigenvalue weighted by Crippen LogP contribution is -2.32. The number of carbonyl (C=O) groups is 2. The summed E-state index contributed by atoms with van der Waals surface area (Å²) in [5, 5.41) is 0. The van der Waals surface area contributed by atoms with E-state index in [9.17, 15) is 26.4 Å². The molecule has 3 rings (SSSR count). The lowest BCUT2D eigenvalue weighted by Gasteiger charge is -2.25. The normalized spacial score (nSPS) is 19.4. The second-order valence-electron chi connectivity index (χ2n) is 8.75. The van der Waals surface area contributed by atoms with E-state index in [4.69, 9.17) is 45.8 Å². The summed E-state index contributed by atoms with van der Waals surface area (Å²) in [6, 6.07) is 1.29. The van der Waals surface area contributed by atoms with Crippen LogP contribution in [0.3, 0.4) is 0 Å². The zero-order valence-electron chi connectivity index (χ0n) is 21.7. The molecule has 0 bridgehead atoms. The summed E-state index contributed by atoms with van der Waals surface area (Å²) in [6.07, 6.45) is -1.54. The highest BCUT2D eigenvalue weighted by Crippen LogP contribution is 2.47. The molecule has 0 saturated heterocycles. The summed E-state index contributed by atoms with van der Waals surface area (Å²) >= 11 is 11.7. The Kier molecular flexibility index (Phi) is 10.3. The molecule has 0 amide bonds. The van der Waals surface area contributed by atoms with Gasteiger partial charge in [0.25, 0.3) is 20.2 Å². The van der Waals surface area contributed by atoms with E-state index in [0.717, 1.165) is 12.5 Å². The van der Waals surface area contributed by atoms with E-state index in [1.165, 1.54) is 20.3 Å². The number of benzene rings is 1. The number of methoxy groups -OCH3 is 2. The molecular formula is C23H29Cl2NO11S2. The van der Waals surface area contributed by atoms with Crippen LogP contribution in [0.15, 0.2) is 17.6 Å². The Bertz CT molecular complexity index is 1370.